The topological polar surface area (TPSA) is 110 Å². The van der Waals surface area contributed by atoms with Crippen LogP contribution in [0, 0.1) is 0 Å². The van der Waals surface area contributed by atoms with Gasteiger partial charge in [-0.1, -0.05) is 0 Å². The molecular formula is C16H30O9. The van der Waals surface area contributed by atoms with Crippen molar-refractivity contribution >= 4 is 11.9 Å². The Morgan fingerprint density at radius 1 is 0.840 bits per heavy atom. The van der Waals surface area contributed by atoms with Crippen LogP contribution in [0.2, 0.25) is 0 Å². The fourth-order valence-electron chi connectivity index (χ4n) is 1.60. The standard InChI is InChI=1S/C16H30O9/c1-13(10-17)24-15(18)4-5-16(19)25-14(11-22-8-6-20-2)12-23-9-7-21-3/h13-14,17H,4-12H2,1-3H3. The van der Waals surface area contributed by atoms with E-state index in [-0.39, 0.29) is 32.7 Å². The van der Waals surface area contributed by atoms with Gasteiger partial charge in [0.15, 0.2) is 0 Å². The lowest BCUT2D eigenvalue weighted by Gasteiger charge is -2.18. The third-order valence-electron chi connectivity index (χ3n) is 2.89. The summed E-state index contributed by atoms with van der Waals surface area (Å²) in [4.78, 5) is 23.3. The average Bonchev–Trinajstić information content (AvgIpc) is 2.60. The Balaban J connectivity index is 4.16. The van der Waals surface area contributed by atoms with Crippen molar-refractivity contribution in [1.82, 2.24) is 0 Å². The fourth-order valence-corrected chi connectivity index (χ4v) is 1.60. The van der Waals surface area contributed by atoms with Gasteiger partial charge < -0.3 is 33.5 Å². The number of aliphatic hydroxyl groups is 1. The molecule has 0 aromatic heterocycles. The van der Waals surface area contributed by atoms with Crippen LogP contribution in [0.3, 0.4) is 0 Å². The lowest BCUT2D eigenvalue weighted by atomic mass is 10.3. The molecule has 9 nitrogen and oxygen atoms in total. The van der Waals surface area contributed by atoms with Crippen LogP contribution < -0.4 is 0 Å². The minimum atomic E-state index is -0.598. The van der Waals surface area contributed by atoms with E-state index in [0.29, 0.717) is 26.4 Å². The molecule has 0 saturated heterocycles. The maximum Gasteiger partial charge on any atom is 0.306 e. The van der Waals surface area contributed by atoms with E-state index in [1.807, 2.05) is 0 Å². The van der Waals surface area contributed by atoms with E-state index in [1.165, 1.54) is 0 Å². The molecule has 0 aromatic rings. The van der Waals surface area contributed by atoms with Crippen molar-refractivity contribution in [1.29, 1.82) is 0 Å². The zero-order chi connectivity index (χ0) is 18.9. The summed E-state index contributed by atoms with van der Waals surface area (Å²) in [5.41, 5.74) is 0. The Morgan fingerprint density at radius 2 is 1.32 bits per heavy atom. The molecule has 0 aliphatic rings. The van der Waals surface area contributed by atoms with Crippen LogP contribution in [-0.4, -0.2) is 89.7 Å². The fraction of sp³-hybridized carbons (Fsp3) is 0.875. The van der Waals surface area contributed by atoms with Crippen LogP contribution in [0.15, 0.2) is 0 Å². The molecule has 0 radical (unpaired) electrons. The van der Waals surface area contributed by atoms with Crippen LogP contribution in [0.1, 0.15) is 19.8 Å². The van der Waals surface area contributed by atoms with Gasteiger partial charge in [0.25, 0.3) is 0 Å². The van der Waals surface area contributed by atoms with Gasteiger partial charge in [-0.15, -0.1) is 0 Å². The molecule has 9 heteroatoms. The van der Waals surface area contributed by atoms with Crippen molar-refractivity contribution in [2.45, 2.75) is 32.0 Å². The second-order valence-electron chi connectivity index (χ2n) is 5.23. The molecule has 0 fully saturated rings. The van der Waals surface area contributed by atoms with Gasteiger partial charge >= 0.3 is 11.9 Å². The minimum absolute atomic E-state index is 0.120. The van der Waals surface area contributed by atoms with E-state index < -0.39 is 24.1 Å². The maximum atomic E-state index is 11.9. The Labute approximate surface area is 148 Å². The van der Waals surface area contributed by atoms with E-state index in [0.717, 1.165) is 0 Å². The van der Waals surface area contributed by atoms with Gasteiger partial charge in [-0.2, -0.15) is 0 Å². The molecule has 1 atom stereocenters. The summed E-state index contributed by atoms with van der Waals surface area (Å²) in [6.45, 7) is 3.21. The van der Waals surface area contributed by atoms with Crippen molar-refractivity contribution in [3.05, 3.63) is 0 Å². The normalized spacial score (nSPS) is 12.2. The molecule has 0 saturated carbocycles. The third kappa shape index (κ3) is 14.8. The van der Waals surface area contributed by atoms with Crippen molar-refractivity contribution in [2.75, 3.05) is 60.5 Å². The number of rotatable bonds is 16. The van der Waals surface area contributed by atoms with E-state index >= 15 is 0 Å². The SMILES string of the molecule is COCCOCC(COCCOC)OC(=O)CCC(=O)OC(C)CO. The molecule has 0 spiro atoms. The molecule has 0 amide bonds. The molecular weight excluding hydrogens is 336 g/mol. The summed E-state index contributed by atoms with van der Waals surface area (Å²) in [5.74, 6) is -1.12. The Morgan fingerprint density at radius 3 is 1.76 bits per heavy atom. The van der Waals surface area contributed by atoms with Crippen molar-refractivity contribution < 1.29 is 43.1 Å². The Bertz CT molecular complexity index is 336. The molecule has 0 heterocycles. The summed E-state index contributed by atoms with van der Waals surface area (Å²) in [6.07, 6.45) is -1.43. The molecule has 0 rings (SSSR count). The summed E-state index contributed by atoms with van der Waals surface area (Å²) >= 11 is 0. The molecule has 1 unspecified atom stereocenters. The monoisotopic (exact) mass is 366 g/mol. The number of carbonyl (C=O) groups is 2. The zero-order valence-electron chi connectivity index (χ0n) is 15.2. The van der Waals surface area contributed by atoms with Crippen LogP contribution in [0.5, 0.6) is 0 Å². The van der Waals surface area contributed by atoms with Gasteiger partial charge in [-0.3, -0.25) is 9.59 Å². The Kier molecular flexibility index (Phi) is 15.4. The van der Waals surface area contributed by atoms with Gasteiger partial charge in [-0.05, 0) is 6.92 Å². The molecule has 0 bridgehead atoms. The number of esters is 2. The summed E-state index contributed by atoms with van der Waals surface area (Å²) in [7, 11) is 3.12. The predicted octanol–water partition coefficient (Wildman–Crippen LogP) is -0.0716. The number of ether oxygens (including phenoxy) is 6. The minimum Gasteiger partial charge on any atom is -0.460 e. The van der Waals surface area contributed by atoms with E-state index in [4.69, 9.17) is 33.5 Å². The van der Waals surface area contributed by atoms with Gasteiger partial charge in [0.2, 0.25) is 0 Å². The highest BCUT2D eigenvalue weighted by molar-refractivity contribution is 5.77. The van der Waals surface area contributed by atoms with E-state index in [2.05, 4.69) is 0 Å². The van der Waals surface area contributed by atoms with Gasteiger partial charge in [0, 0.05) is 14.2 Å². The summed E-state index contributed by atoms with van der Waals surface area (Å²) < 4.78 is 30.6. The number of hydrogen-bond acceptors (Lipinski definition) is 9. The lowest BCUT2D eigenvalue weighted by Crippen LogP contribution is -2.30. The molecule has 148 valence electrons. The second-order valence-corrected chi connectivity index (χ2v) is 5.23. The molecule has 0 aliphatic carbocycles. The number of hydrogen-bond donors (Lipinski definition) is 1. The summed E-state index contributed by atoms with van der Waals surface area (Å²) in [6, 6.07) is 0. The first kappa shape index (κ1) is 23.7. The van der Waals surface area contributed by atoms with Gasteiger partial charge in [0.05, 0.1) is 59.1 Å². The highest BCUT2D eigenvalue weighted by Gasteiger charge is 2.17. The quantitative estimate of drug-likeness (QED) is 0.296. The highest BCUT2D eigenvalue weighted by atomic mass is 16.6. The number of methoxy groups -OCH3 is 2. The van der Waals surface area contributed by atoms with E-state index in [1.54, 1.807) is 21.1 Å². The smallest absolute Gasteiger partial charge is 0.306 e. The van der Waals surface area contributed by atoms with Gasteiger partial charge in [-0.25, -0.2) is 0 Å². The first-order chi connectivity index (χ1) is 12.0. The highest BCUT2D eigenvalue weighted by Crippen LogP contribution is 2.03. The predicted molar refractivity (Wildman–Crippen MR) is 87.1 cm³/mol. The maximum absolute atomic E-state index is 11.9. The van der Waals surface area contributed by atoms with Gasteiger partial charge in [0.1, 0.15) is 12.2 Å². The largest absolute Gasteiger partial charge is 0.460 e. The second kappa shape index (κ2) is 16.2. The molecule has 25 heavy (non-hydrogen) atoms. The average molecular weight is 366 g/mol. The molecule has 0 aromatic carbocycles. The first-order valence-electron chi connectivity index (χ1n) is 8.16. The lowest BCUT2D eigenvalue weighted by molar-refractivity contribution is -0.161. The number of carbonyl (C=O) groups excluding carboxylic acids is 2. The summed E-state index contributed by atoms with van der Waals surface area (Å²) in [5, 5.41) is 8.81. The first-order valence-corrected chi connectivity index (χ1v) is 8.16. The Hall–Kier alpha value is -1.26. The van der Waals surface area contributed by atoms with Crippen LogP contribution in [-0.2, 0) is 38.0 Å². The zero-order valence-corrected chi connectivity index (χ0v) is 15.2. The van der Waals surface area contributed by atoms with Crippen molar-refractivity contribution in [3.63, 3.8) is 0 Å². The molecule has 0 aliphatic heterocycles. The molecule has 1 N–H and O–H groups in total. The third-order valence-corrected chi connectivity index (χ3v) is 2.89. The van der Waals surface area contributed by atoms with Crippen molar-refractivity contribution in [3.8, 4) is 0 Å². The van der Waals surface area contributed by atoms with Crippen molar-refractivity contribution in [2.24, 2.45) is 0 Å². The van der Waals surface area contributed by atoms with Crippen LogP contribution >= 0.6 is 0 Å². The number of aliphatic hydroxyl groups excluding tert-OH is 1. The van der Waals surface area contributed by atoms with Crippen LogP contribution in [0.4, 0.5) is 0 Å². The van der Waals surface area contributed by atoms with Crippen LogP contribution in [0.25, 0.3) is 0 Å². The van der Waals surface area contributed by atoms with E-state index in [9.17, 15) is 9.59 Å².